The van der Waals surface area contributed by atoms with Crippen molar-refractivity contribution in [3.63, 3.8) is 0 Å². The predicted octanol–water partition coefficient (Wildman–Crippen LogP) is 2.79. The van der Waals surface area contributed by atoms with Crippen molar-refractivity contribution in [1.82, 2.24) is 5.32 Å². The van der Waals surface area contributed by atoms with Crippen LogP contribution in [0.2, 0.25) is 0 Å². The number of hydrogen-bond acceptors (Lipinski definition) is 2. The lowest BCUT2D eigenvalue weighted by Crippen LogP contribution is -2.28. The smallest absolute Gasteiger partial charge is 0.238 e. The largest absolute Gasteiger partial charge is 0.325 e. The van der Waals surface area contributed by atoms with Crippen molar-refractivity contribution in [3.8, 4) is 0 Å². The number of halogens is 1. The first-order valence-electron chi connectivity index (χ1n) is 6.34. The van der Waals surface area contributed by atoms with Crippen molar-refractivity contribution in [3.05, 3.63) is 30.1 Å². The molecule has 0 bridgehead atoms. The summed E-state index contributed by atoms with van der Waals surface area (Å²) in [6.45, 7) is 5.44. The van der Waals surface area contributed by atoms with Gasteiger partial charge in [0.1, 0.15) is 5.82 Å². The second-order valence-electron chi connectivity index (χ2n) is 4.77. The molecule has 0 aliphatic heterocycles. The Morgan fingerprint density at radius 2 is 2.17 bits per heavy atom. The second kappa shape index (κ2) is 7.82. The van der Waals surface area contributed by atoms with Crippen LogP contribution in [0.4, 0.5) is 10.1 Å². The van der Waals surface area contributed by atoms with E-state index >= 15 is 0 Å². The minimum absolute atomic E-state index is 0.148. The number of rotatable bonds is 7. The third-order valence-corrected chi connectivity index (χ3v) is 2.53. The fourth-order valence-corrected chi connectivity index (χ4v) is 1.61. The minimum atomic E-state index is -0.349. The van der Waals surface area contributed by atoms with Crippen LogP contribution in [0.15, 0.2) is 24.3 Å². The van der Waals surface area contributed by atoms with Crippen LogP contribution in [-0.4, -0.2) is 19.0 Å². The Labute approximate surface area is 108 Å². The van der Waals surface area contributed by atoms with E-state index in [1.807, 2.05) is 0 Å². The standard InChI is InChI=1S/C14H21FN2O/c1-11(2)5-4-8-16-10-14(18)17-13-7-3-6-12(15)9-13/h3,6-7,9,11,16H,4-5,8,10H2,1-2H3,(H,17,18). The zero-order valence-electron chi connectivity index (χ0n) is 11.0. The van der Waals surface area contributed by atoms with Gasteiger partial charge in [-0.25, -0.2) is 4.39 Å². The highest BCUT2D eigenvalue weighted by atomic mass is 19.1. The highest BCUT2D eigenvalue weighted by molar-refractivity contribution is 5.92. The molecule has 2 N–H and O–H groups in total. The Kier molecular flexibility index (Phi) is 6.36. The molecule has 0 aromatic heterocycles. The van der Waals surface area contributed by atoms with Crippen LogP contribution in [0.1, 0.15) is 26.7 Å². The first kappa shape index (κ1) is 14.6. The molecule has 4 heteroatoms. The average Bonchev–Trinajstić information content (AvgIpc) is 2.28. The molecule has 1 rings (SSSR count). The first-order chi connectivity index (χ1) is 8.58. The van der Waals surface area contributed by atoms with Crippen LogP contribution in [0.3, 0.4) is 0 Å². The van der Waals surface area contributed by atoms with Gasteiger partial charge >= 0.3 is 0 Å². The van der Waals surface area contributed by atoms with E-state index < -0.39 is 0 Å². The summed E-state index contributed by atoms with van der Waals surface area (Å²) in [4.78, 5) is 11.5. The fourth-order valence-electron chi connectivity index (χ4n) is 1.61. The first-order valence-corrected chi connectivity index (χ1v) is 6.34. The lowest BCUT2D eigenvalue weighted by atomic mass is 10.1. The third-order valence-electron chi connectivity index (χ3n) is 2.53. The van der Waals surface area contributed by atoms with Gasteiger partial charge in [0.15, 0.2) is 0 Å². The summed E-state index contributed by atoms with van der Waals surface area (Å²) < 4.78 is 12.9. The van der Waals surface area contributed by atoms with Gasteiger partial charge in [-0.15, -0.1) is 0 Å². The van der Waals surface area contributed by atoms with Crippen LogP contribution in [0, 0.1) is 11.7 Å². The van der Waals surface area contributed by atoms with E-state index in [2.05, 4.69) is 24.5 Å². The molecule has 0 aliphatic carbocycles. The molecule has 0 fully saturated rings. The van der Waals surface area contributed by atoms with Crippen LogP contribution in [0.25, 0.3) is 0 Å². The molecule has 1 amide bonds. The van der Waals surface area contributed by atoms with Crippen LogP contribution >= 0.6 is 0 Å². The SMILES string of the molecule is CC(C)CCCNCC(=O)Nc1cccc(F)c1. The lowest BCUT2D eigenvalue weighted by molar-refractivity contribution is -0.115. The van der Waals surface area contributed by atoms with Crippen molar-refractivity contribution >= 4 is 11.6 Å². The Hall–Kier alpha value is -1.42. The van der Waals surface area contributed by atoms with Gasteiger partial charge in [-0.05, 0) is 43.5 Å². The van der Waals surface area contributed by atoms with Crippen molar-refractivity contribution in [2.45, 2.75) is 26.7 Å². The maximum atomic E-state index is 12.9. The van der Waals surface area contributed by atoms with Gasteiger partial charge in [0, 0.05) is 5.69 Å². The lowest BCUT2D eigenvalue weighted by Gasteiger charge is -2.07. The van der Waals surface area contributed by atoms with Crippen LogP contribution < -0.4 is 10.6 Å². The summed E-state index contributed by atoms with van der Waals surface area (Å²) in [5.74, 6) is 0.191. The van der Waals surface area contributed by atoms with E-state index in [0.29, 0.717) is 11.6 Å². The van der Waals surface area contributed by atoms with E-state index in [4.69, 9.17) is 0 Å². The number of anilines is 1. The zero-order valence-corrected chi connectivity index (χ0v) is 11.0. The molecule has 0 heterocycles. The number of carbonyl (C=O) groups excluding carboxylic acids is 1. The quantitative estimate of drug-likeness (QED) is 0.733. The maximum Gasteiger partial charge on any atom is 0.238 e. The summed E-state index contributed by atoms with van der Waals surface area (Å²) in [6.07, 6.45) is 2.21. The molecule has 0 saturated carbocycles. The number of hydrogen-bond donors (Lipinski definition) is 2. The molecule has 0 unspecified atom stereocenters. The average molecular weight is 252 g/mol. The molecule has 3 nitrogen and oxygen atoms in total. The van der Waals surface area contributed by atoms with Crippen molar-refractivity contribution in [2.75, 3.05) is 18.4 Å². The number of nitrogens with one attached hydrogen (secondary N) is 2. The highest BCUT2D eigenvalue weighted by Crippen LogP contribution is 2.08. The molecule has 0 radical (unpaired) electrons. The highest BCUT2D eigenvalue weighted by Gasteiger charge is 2.02. The molecular formula is C14H21FN2O. The number of carbonyl (C=O) groups is 1. The van der Waals surface area contributed by atoms with Gasteiger partial charge in [0.25, 0.3) is 0 Å². The third kappa shape index (κ3) is 6.35. The summed E-state index contributed by atoms with van der Waals surface area (Å²) in [6, 6.07) is 5.89. The molecule has 100 valence electrons. The van der Waals surface area contributed by atoms with E-state index in [1.165, 1.54) is 12.1 Å². The van der Waals surface area contributed by atoms with Gasteiger partial charge in [0.05, 0.1) is 6.54 Å². The van der Waals surface area contributed by atoms with Gasteiger partial charge in [0.2, 0.25) is 5.91 Å². The summed E-state index contributed by atoms with van der Waals surface area (Å²) in [7, 11) is 0. The molecule has 0 saturated heterocycles. The molecule has 0 spiro atoms. The predicted molar refractivity (Wildman–Crippen MR) is 72.0 cm³/mol. The Morgan fingerprint density at radius 1 is 1.39 bits per heavy atom. The van der Waals surface area contributed by atoms with Gasteiger partial charge in [-0.2, -0.15) is 0 Å². The molecule has 18 heavy (non-hydrogen) atoms. The van der Waals surface area contributed by atoms with Gasteiger partial charge in [-0.3, -0.25) is 4.79 Å². The molecule has 0 atom stereocenters. The molecule has 1 aromatic carbocycles. The van der Waals surface area contributed by atoms with Crippen LogP contribution in [-0.2, 0) is 4.79 Å². The monoisotopic (exact) mass is 252 g/mol. The topological polar surface area (TPSA) is 41.1 Å². The van der Waals surface area contributed by atoms with E-state index in [1.54, 1.807) is 12.1 Å². The maximum absolute atomic E-state index is 12.9. The van der Waals surface area contributed by atoms with E-state index in [9.17, 15) is 9.18 Å². The van der Waals surface area contributed by atoms with Crippen molar-refractivity contribution < 1.29 is 9.18 Å². The molecular weight excluding hydrogens is 231 g/mol. The minimum Gasteiger partial charge on any atom is -0.325 e. The Morgan fingerprint density at radius 3 is 2.83 bits per heavy atom. The van der Waals surface area contributed by atoms with Gasteiger partial charge in [-0.1, -0.05) is 19.9 Å². The second-order valence-corrected chi connectivity index (χ2v) is 4.77. The summed E-state index contributed by atoms with van der Waals surface area (Å²) in [5, 5.41) is 5.71. The molecule has 0 aliphatic rings. The molecule has 1 aromatic rings. The number of benzene rings is 1. The fraction of sp³-hybridized carbons (Fsp3) is 0.500. The summed E-state index contributed by atoms with van der Waals surface area (Å²) >= 11 is 0. The van der Waals surface area contributed by atoms with Crippen LogP contribution in [0.5, 0.6) is 0 Å². The van der Waals surface area contributed by atoms with Gasteiger partial charge < -0.3 is 10.6 Å². The van der Waals surface area contributed by atoms with E-state index in [0.717, 1.165) is 19.4 Å². The normalized spacial score (nSPS) is 10.7. The Bertz CT molecular complexity index is 380. The zero-order chi connectivity index (χ0) is 13.4. The van der Waals surface area contributed by atoms with Crippen molar-refractivity contribution in [2.24, 2.45) is 5.92 Å². The summed E-state index contributed by atoms with van der Waals surface area (Å²) in [5.41, 5.74) is 0.490. The van der Waals surface area contributed by atoms with E-state index in [-0.39, 0.29) is 18.3 Å². The Balaban J connectivity index is 2.18. The number of amides is 1. The van der Waals surface area contributed by atoms with Crippen molar-refractivity contribution in [1.29, 1.82) is 0 Å².